The van der Waals surface area contributed by atoms with Crippen molar-refractivity contribution in [2.45, 2.75) is 0 Å². The van der Waals surface area contributed by atoms with Gasteiger partial charge in [0.05, 0.1) is 33.5 Å². The van der Waals surface area contributed by atoms with E-state index >= 15 is 0 Å². The average molecular weight is 664 g/mol. The molecule has 52 heavy (non-hydrogen) atoms. The maximum Gasteiger partial charge on any atom is 0.160 e. The molecule has 0 aliphatic carbocycles. The van der Waals surface area contributed by atoms with Crippen molar-refractivity contribution in [1.29, 1.82) is 5.26 Å². The summed E-state index contributed by atoms with van der Waals surface area (Å²) in [5, 5.41) is 15.3. The van der Waals surface area contributed by atoms with Gasteiger partial charge in [0.25, 0.3) is 0 Å². The minimum absolute atomic E-state index is 0.449. The van der Waals surface area contributed by atoms with Gasteiger partial charge in [-0.15, -0.1) is 0 Å². The Labute approximate surface area is 299 Å². The maximum atomic E-state index is 10.7. The second-order valence-electron chi connectivity index (χ2n) is 12.9. The summed E-state index contributed by atoms with van der Waals surface area (Å²) in [6.45, 7) is 0. The Bertz CT molecular complexity index is 2990. The molecule has 0 unspecified atom stereocenters. The molecule has 10 rings (SSSR count). The number of hydrogen-bond donors (Lipinski definition) is 0. The van der Waals surface area contributed by atoms with E-state index in [2.05, 4.69) is 130 Å². The number of fused-ring (bicyclic) bond motifs is 7. The molecule has 0 aliphatic heterocycles. The van der Waals surface area contributed by atoms with Gasteiger partial charge in [0.1, 0.15) is 11.6 Å². The Balaban J connectivity index is 1.31. The van der Waals surface area contributed by atoms with Crippen LogP contribution in [-0.2, 0) is 0 Å². The molecule has 0 atom stereocenters. The summed E-state index contributed by atoms with van der Waals surface area (Å²) >= 11 is 0. The van der Waals surface area contributed by atoms with Crippen LogP contribution in [0.15, 0.2) is 176 Å². The lowest BCUT2D eigenvalue weighted by Gasteiger charge is -2.13. The van der Waals surface area contributed by atoms with Crippen molar-refractivity contribution in [3.63, 3.8) is 0 Å². The highest BCUT2D eigenvalue weighted by Crippen LogP contribution is 2.43. The first-order valence-electron chi connectivity index (χ1n) is 17.3. The van der Waals surface area contributed by atoms with Gasteiger partial charge in [0, 0.05) is 49.6 Å². The zero-order chi connectivity index (χ0) is 34.6. The minimum Gasteiger partial charge on any atom is -0.309 e. The number of rotatable bonds is 5. The summed E-state index contributed by atoms with van der Waals surface area (Å²) in [5.74, 6) is 0.579. The van der Waals surface area contributed by atoms with Crippen LogP contribution < -0.4 is 0 Å². The fraction of sp³-hybridized carbons (Fsp3) is 0. The van der Waals surface area contributed by atoms with E-state index in [1.165, 1.54) is 10.8 Å². The lowest BCUT2D eigenvalue weighted by atomic mass is 9.98. The van der Waals surface area contributed by atoms with E-state index in [0.717, 1.165) is 60.9 Å². The number of aromatic nitrogens is 4. The van der Waals surface area contributed by atoms with Gasteiger partial charge in [-0.25, -0.2) is 9.97 Å². The molecule has 0 fully saturated rings. The Hall–Kier alpha value is -7.29. The highest BCUT2D eigenvalue weighted by molar-refractivity contribution is 6.26. The molecule has 0 N–H and O–H groups in total. The van der Waals surface area contributed by atoms with E-state index in [1.54, 1.807) is 0 Å². The normalized spacial score (nSPS) is 11.4. The molecule has 0 bridgehead atoms. The third kappa shape index (κ3) is 4.56. The number of benzene rings is 7. The molecular formula is C47H29N5. The van der Waals surface area contributed by atoms with Crippen LogP contribution >= 0.6 is 0 Å². The van der Waals surface area contributed by atoms with Crippen molar-refractivity contribution in [2.75, 3.05) is 0 Å². The van der Waals surface area contributed by atoms with Crippen molar-refractivity contribution in [2.24, 2.45) is 0 Å². The average Bonchev–Trinajstić information content (AvgIpc) is 3.74. The fourth-order valence-corrected chi connectivity index (χ4v) is 7.70. The van der Waals surface area contributed by atoms with E-state index in [9.17, 15) is 5.26 Å². The van der Waals surface area contributed by atoms with Gasteiger partial charge in [-0.2, -0.15) is 5.26 Å². The first kappa shape index (κ1) is 29.6. The molecule has 0 spiro atoms. The van der Waals surface area contributed by atoms with Crippen molar-refractivity contribution in [3.05, 3.63) is 181 Å². The molecule has 0 saturated heterocycles. The molecule has 0 amide bonds. The summed E-state index contributed by atoms with van der Waals surface area (Å²) < 4.78 is 4.74. The van der Waals surface area contributed by atoms with Crippen LogP contribution in [0, 0.1) is 11.3 Å². The molecule has 0 aliphatic rings. The second-order valence-corrected chi connectivity index (χ2v) is 12.9. The van der Waals surface area contributed by atoms with Gasteiger partial charge in [-0.1, -0.05) is 127 Å². The highest BCUT2D eigenvalue weighted by atomic mass is 15.0. The summed E-state index contributed by atoms with van der Waals surface area (Å²) in [5.41, 5.74) is 11.0. The topological polar surface area (TPSA) is 59.4 Å². The van der Waals surface area contributed by atoms with Crippen LogP contribution in [0.2, 0.25) is 0 Å². The van der Waals surface area contributed by atoms with Gasteiger partial charge >= 0.3 is 0 Å². The molecule has 242 valence electrons. The van der Waals surface area contributed by atoms with Crippen LogP contribution in [0.1, 0.15) is 5.56 Å². The number of hydrogen-bond acceptors (Lipinski definition) is 3. The van der Waals surface area contributed by atoms with Crippen LogP contribution in [-0.4, -0.2) is 19.1 Å². The SMILES string of the molecule is N#Cc1c(-c2ccccc2)nc(-c2ccccc2)nc1-c1ccc2c(c1)c1ccc3c(c4ccccc4n3-c3ccccc3)c1n2-c1ccccc1. The Morgan fingerprint density at radius 3 is 1.63 bits per heavy atom. The highest BCUT2D eigenvalue weighted by Gasteiger charge is 2.23. The Morgan fingerprint density at radius 1 is 0.423 bits per heavy atom. The predicted octanol–water partition coefficient (Wildman–Crippen LogP) is 11.5. The summed E-state index contributed by atoms with van der Waals surface area (Å²) in [6, 6.07) is 63.1. The van der Waals surface area contributed by atoms with E-state index in [1.807, 2.05) is 60.7 Å². The molecule has 0 radical (unpaired) electrons. The second kappa shape index (κ2) is 11.9. The van der Waals surface area contributed by atoms with Crippen molar-refractivity contribution in [3.8, 4) is 51.3 Å². The molecule has 5 heteroatoms. The third-order valence-corrected chi connectivity index (χ3v) is 9.96. The summed E-state index contributed by atoms with van der Waals surface area (Å²) in [6.07, 6.45) is 0. The van der Waals surface area contributed by atoms with E-state index in [-0.39, 0.29) is 0 Å². The van der Waals surface area contributed by atoms with E-state index in [4.69, 9.17) is 9.97 Å². The summed E-state index contributed by atoms with van der Waals surface area (Å²) in [4.78, 5) is 10.1. The number of para-hydroxylation sites is 3. The van der Waals surface area contributed by atoms with Gasteiger partial charge in [-0.05, 0) is 48.5 Å². The predicted molar refractivity (Wildman–Crippen MR) is 212 cm³/mol. The zero-order valence-electron chi connectivity index (χ0n) is 28.0. The molecule has 3 aromatic heterocycles. The zero-order valence-corrected chi connectivity index (χ0v) is 28.0. The van der Waals surface area contributed by atoms with Crippen LogP contribution in [0.4, 0.5) is 0 Å². The lowest BCUT2D eigenvalue weighted by Crippen LogP contribution is -2.01. The molecule has 7 aromatic carbocycles. The van der Waals surface area contributed by atoms with Crippen molar-refractivity contribution >= 4 is 43.6 Å². The van der Waals surface area contributed by atoms with Crippen molar-refractivity contribution in [1.82, 2.24) is 19.1 Å². The van der Waals surface area contributed by atoms with Crippen LogP contribution in [0.25, 0.3) is 88.9 Å². The van der Waals surface area contributed by atoms with Gasteiger partial charge in [0.2, 0.25) is 0 Å². The van der Waals surface area contributed by atoms with Gasteiger partial charge in [0.15, 0.2) is 5.82 Å². The molecule has 10 aromatic rings. The lowest BCUT2D eigenvalue weighted by molar-refractivity contribution is 1.17. The van der Waals surface area contributed by atoms with Gasteiger partial charge in [-0.3, -0.25) is 0 Å². The quantitative estimate of drug-likeness (QED) is 0.184. The van der Waals surface area contributed by atoms with E-state index < -0.39 is 0 Å². The smallest absolute Gasteiger partial charge is 0.160 e. The molecular weight excluding hydrogens is 635 g/mol. The van der Waals surface area contributed by atoms with Crippen LogP contribution in [0.5, 0.6) is 0 Å². The van der Waals surface area contributed by atoms with Crippen molar-refractivity contribution < 1.29 is 0 Å². The van der Waals surface area contributed by atoms with Gasteiger partial charge < -0.3 is 9.13 Å². The standard InChI is InChI=1S/C47H29N5/c48-30-39-44(31-15-5-1-6-16-31)49-47(32-17-7-2-8-18-32)50-45(39)33-25-27-41-38(29-33)36-26-28-42-43(46(36)52(41)35-21-11-4-12-22-35)37-23-13-14-24-40(37)51(42)34-19-9-3-10-20-34/h1-29H. The molecule has 5 nitrogen and oxygen atoms in total. The summed E-state index contributed by atoms with van der Waals surface area (Å²) in [7, 11) is 0. The monoisotopic (exact) mass is 663 g/mol. The molecule has 0 saturated carbocycles. The fourth-order valence-electron chi connectivity index (χ4n) is 7.70. The number of nitriles is 1. The Kier molecular flexibility index (Phi) is 6.80. The largest absolute Gasteiger partial charge is 0.309 e. The Morgan fingerprint density at radius 2 is 0.962 bits per heavy atom. The number of nitrogens with zero attached hydrogens (tertiary/aromatic N) is 5. The third-order valence-electron chi connectivity index (χ3n) is 9.96. The minimum atomic E-state index is 0.449. The molecule has 3 heterocycles. The first-order valence-corrected chi connectivity index (χ1v) is 17.3. The first-order chi connectivity index (χ1) is 25.8. The maximum absolute atomic E-state index is 10.7. The van der Waals surface area contributed by atoms with Crippen LogP contribution in [0.3, 0.4) is 0 Å². The van der Waals surface area contributed by atoms with E-state index in [0.29, 0.717) is 22.8 Å².